The quantitative estimate of drug-likeness (QED) is 0.0148. The number of phenolic OH excluding ortho intramolecular Hbond substituents is 1. The van der Waals surface area contributed by atoms with E-state index in [1.54, 1.807) is 97.1 Å². The third-order valence-corrected chi connectivity index (χ3v) is 11.7. The van der Waals surface area contributed by atoms with E-state index >= 15 is 0 Å². The van der Waals surface area contributed by atoms with Gasteiger partial charge in [0.1, 0.15) is 16.7 Å². The van der Waals surface area contributed by atoms with Crippen LogP contribution in [0, 0.1) is 13.8 Å². The number of carbonyl (C=O) groups excluding carboxylic acids is 1. The molecule has 0 atom stereocenters. The van der Waals surface area contributed by atoms with Crippen molar-refractivity contribution in [1.29, 1.82) is 0 Å². The Labute approximate surface area is 369 Å². The molecule has 8 aromatic rings. The lowest BCUT2D eigenvalue weighted by molar-refractivity contribution is -0.432. The summed E-state index contributed by atoms with van der Waals surface area (Å²) in [5.74, 6) is -0.591. The van der Waals surface area contributed by atoms with Crippen LogP contribution in [0.3, 0.4) is 0 Å². The third-order valence-electron chi connectivity index (χ3n) is 9.63. The van der Waals surface area contributed by atoms with Crippen molar-refractivity contribution in [3.63, 3.8) is 0 Å². The predicted molar refractivity (Wildman–Crippen MR) is 236 cm³/mol. The van der Waals surface area contributed by atoms with Crippen LogP contribution in [0.1, 0.15) is 21.5 Å². The van der Waals surface area contributed by atoms with Gasteiger partial charge in [0.15, 0.2) is 5.75 Å². The van der Waals surface area contributed by atoms with Gasteiger partial charge in [-0.1, -0.05) is 16.1 Å². The smallest absolute Gasteiger partial charge is 0.294 e. The predicted octanol–water partition coefficient (Wildman–Crippen LogP) is 10.8. The zero-order chi connectivity index (χ0) is 45.1. The molecule has 1 heterocycles. The van der Waals surface area contributed by atoms with Gasteiger partial charge in [0.2, 0.25) is 0 Å². The fourth-order valence-corrected chi connectivity index (χ4v) is 8.14. The highest BCUT2D eigenvalue weighted by Gasteiger charge is 2.20. The molecule has 7 N–H and O–H groups in total. The van der Waals surface area contributed by atoms with Crippen LogP contribution in [-0.4, -0.2) is 49.5 Å². The fourth-order valence-electron chi connectivity index (χ4n) is 6.49. The summed E-state index contributed by atoms with van der Waals surface area (Å²) < 4.78 is 43.1. The van der Waals surface area contributed by atoms with E-state index in [4.69, 9.17) is 20.6 Å². The third kappa shape index (κ3) is 9.38. The van der Waals surface area contributed by atoms with Crippen LogP contribution in [0.5, 0.6) is 5.75 Å². The molecule has 0 unspecified atom stereocenters. The average molecular weight is 922 g/mol. The number of azo groups is 2. The maximum absolute atomic E-state index is 12.8. The summed E-state index contributed by atoms with van der Waals surface area (Å²) in [5, 5.41) is 67.7. The van der Waals surface area contributed by atoms with E-state index in [9.17, 15) is 22.9 Å². The summed E-state index contributed by atoms with van der Waals surface area (Å²) in [5.41, 5.74) is 11.4. The van der Waals surface area contributed by atoms with Crippen LogP contribution >= 0.6 is 24.1 Å². The highest BCUT2D eigenvalue weighted by molar-refractivity contribution is 7.95. The number of amides is 1. The van der Waals surface area contributed by atoms with E-state index in [-0.39, 0.29) is 27.1 Å². The number of hydrogen-bond donors (Lipinski definition) is 6. The standard InChI is InChI=1S/C41H31N9O11S3/c1-21-16-35(46-47-39-37(63-61-59-54)18-24-17-27(9-12-30(24)40(39)51)43-41(52)23-3-5-25(42)6-4-23)22(2)15-34(21)45-44-26-7-10-28(11-8-26)50-48-33-14-13-31-32(38(33)49-50)19-29(64(55,56)57)20-36(31)62-60-58-53/h3-20,51,53-54H,42H2,1-2H3,(H,43,52)(H,55,56,57). The van der Waals surface area contributed by atoms with E-state index in [0.717, 1.165) is 5.56 Å². The molecule has 0 aliphatic carbocycles. The first-order chi connectivity index (χ1) is 30.8. The molecular weight excluding hydrogens is 891 g/mol. The van der Waals surface area contributed by atoms with Gasteiger partial charge < -0.3 is 16.2 Å². The molecule has 1 aromatic heterocycles. The topological polar surface area (TPSA) is 287 Å². The molecule has 1 amide bonds. The second kappa shape index (κ2) is 18.4. The Morgan fingerprint density at radius 3 is 2.06 bits per heavy atom. The van der Waals surface area contributed by atoms with Crippen molar-refractivity contribution in [2.45, 2.75) is 28.5 Å². The number of aromatic nitrogens is 3. The van der Waals surface area contributed by atoms with E-state index in [2.05, 4.69) is 50.4 Å². The van der Waals surface area contributed by atoms with Crippen LogP contribution in [-0.2, 0) is 28.9 Å². The number of aryl methyl sites for hydroxylation is 2. The molecule has 0 radical (unpaired) electrons. The number of benzene rings is 7. The van der Waals surface area contributed by atoms with Gasteiger partial charge in [-0.05, 0) is 133 Å². The Balaban J connectivity index is 1.01. The number of hydrogen-bond acceptors (Lipinski definition) is 19. The van der Waals surface area contributed by atoms with Crippen LogP contribution in [0.15, 0.2) is 144 Å². The molecule has 23 heteroatoms. The van der Waals surface area contributed by atoms with E-state index in [1.807, 2.05) is 13.8 Å². The monoisotopic (exact) mass is 921 g/mol. The van der Waals surface area contributed by atoms with Crippen LogP contribution in [0.4, 0.5) is 34.1 Å². The summed E-state index contributed by atoms with van der Waals surface area (Å²) in [6.45, 7) is 3.64. The second-order valence-electron chi connectivity index (χ2n) is 13.8. The van der Waals surface area contributed by atoms with Gasteiger partial charge in [0, 0.05) is 38.0 Å². The Hall–Kier alpha value is -6.90. The molecule has 0 aliphatic heterocycles. The Bertz CT molecular complexity index is 3280. The molecule has 0 saturated carbocycles. The van der Waals surface area contributed by atoms with Crippen molar-refractivity contribution < 1.29 is 52.1 Å². The van der Waals surface area contributed by atoms with Crippen LogP contribution in [0.25, 0.3) is 38.3 Å². The number of carbonyl (C=O) groups is 1. The maximum Gasteiger partial charge on any atom is 0.294 e. The number of aromatic hydroxyl groups is 1. The Morgan fingerprint density at radius 1 is 0.734 bits per heavy atom. The highest BCUT2D eigenvalue weighted by atomic mass is 32.2. The SMILES string of the molecule is Cc1cc(N=Nc2c(SOOO)cc3cc(NC(=O)c4ccc(N)cc4)ccc3c2O)c(C)cc1N=Nc1ccc(-n2nc3ccc4c(SOOO)cc(S(=O)(=O)O)cc4c3n2)cc1. The van der Waals surface area contributed by atoms with E-state index in [1.165, 1.54) is 16.9 Å². The van der Waals surface area contributed by atoms with Gasteiger partial charge in [0.25, 0.3) is 16.0 Å². The minimum atomic E-state index is -4.62. The molecule has 0 fully saturated rings. The normalized spacial score (nSPS) is 12.1. The van der Waals surface area contributed by atoms with Gasteiger partial charge in [-0.15, -0.1) is 24.0 Å². The molecule has 0 spiro atoms. The molecule has 7 aromatic carbocycles. The molecule has 0 saturated heterocycles. The van der Waals surface area contributed by atoms with Crippen molar-refractivity contribution in [1.82, 2.24) is 15.0 Å². The number of anilines is 2. The van der Waals surface area contributed by atoms with Gasteiger partial charge in [-0.25, -0.2) is 10.5 Å². The lowest BCUT2D eigenvalue weighted by Crippen LogP contribution is -2.11. The van der Waals surface area contributed by atoms with Gasteiger partial charge in [-0.3, -0.25) is 9.35 Å². The van der Waals surface area contributed by atoms with Gasteiger partial charge in [0.05, 0.1) is 56.6 Å². The number of phenols is 1. The van der Waals surface area contributed by atoms with E-state index < -0.39 is 15.0 Å². The summed E-state index contributed by atoms with van der Waals surface area (Å²) in [6.07, 6.45) is 0. The van der Waals surface area contributed by atoms with E-state index in [0.29, 0.717) is 102 Å². The molecule has 20 nitrogen and oxygen atoms in total. The fraction of sp³-hybridized carbons (Fsp3) is 0.0488. The molecule has 8 rings (SSSR count). The average Bonchev–Trinajstić information content (AvgIpc) is 3.73. The first-order valence-corrected chi connectivity index (χ1v) is 21.3. The number of nitrogen functional groups attached to an aromatic ring is 1. The minimum Gasteiger partial charge on any atom is -0.505 e. The number of nitrogens with one attached hydrogen (secondary N) is 1. The lowest BCUT2D eigenvalue weighted by atomic mass is 10.1. The number of nitrogens with zero attached hydrogens (tertiary/aromatic N) is 7. The van der Waals surface area contributed by atoms with Crippen LogP contribution in [0.2, 0.25) is 0 Å². The Morgan fingerprint density at radius 2 is 1.39 bits per heavy atom. The maximum atomic E-state index is 12.8. The highest BCUT2D eigenvalue weighted by Crippen LogP contribution is 2.45. The van der Waals surface area contributed by atoms with Crippen molar-refractivity contribution in [3.05, 3.63) is 126 Å². The van der Waals surface area contributed by atoms with Crippen molar-refractivity contribution in [2.24, 2.45) is 20.5 Å². The summed E-state index contributed by atoms with van der Waals surface area (Å²) in [7, 11) is -4.62. The van der Waals surface area contributed by atoms with Crippen molar-refractivity contribution >= 4 is 107 Å². The lowest BCUT2D eigenvalue weighted by Gasteiger charge is -2.11. The Kier molecular flexibility index (Phi) is 12.6. The van der Waals surface area contributed by atoms with Gasteiger partial charge in [-0.2, -0.15) is 28.6 Å². The van der Waals surface area contributed by atoms with Crippen molar-refractivity contribution in [3.8, 4) is 11.4 Å². The minimum absolute atomic E-state index is 0.0312. The first kappa shape index (κ1) is 43.7. The number of nitrogens with two attached hydrogens (primary N) is 1. The molecule has 64 heavy (non-hydrogen) atoms. The summed E-state index contributed by atoms with van der Waals surface area (Å²) in [4.78, 5) is 14.2. The van der Waals surface area contributed by atoms with Crippen molar-refractivity contribution in [2.75, 3.05) is 11.1 Å². The van der Waals surface area contributed by atoms with Gasteiger partial charge >= 0.3 is 0 Å². The summed E-state index contributed by atoms with van der Waals surface area (Å²) in [6, 6.07) is 29.2. The number of rotatable bonds is 14. The summed E-state index contributed by atoms with van der Waals surface area (Å²) >= 11 is 1.13. The first-order valence-electron chi connectivity index (χ1n) is 18.4. The second-order valence-corrected chi connectivity index (χ2v) is 16.7. The zero-order valence-electron chi connectivity index (χ0n) is 33.0. The van der Waals surface area contributed by atoms with Crippen LogP contribution < -0.4 is 11.1 Å². The molecular formula is C41H31N9O11S3. The molecule has 0 bridgehead atoms. The molecule has 324 valence electrons. The molecule has 0 aliphatic rings. The largest absolute Gasteiger partial charge is 0.505 e. The zero-order valence-corrected chi connectivity index (χ0v) is 35.4. The number of fused-ring (bicyclic) bond motifs is 4.